The first-order chi connectivity index (χ1) is 18.6. The Bertz CT molecular complexity index is 1520. The van der Waals surface area contributed by atoms with Crippen molar-refractivity contribution < 1.29 is 14.3 Å². The zero-order chi connectivity index (χ0) is 26.1. The van der Waals surface area contributed by atoms with Gasteiger partial charge in [-0.05, 0) is 56.0 Å². The average Bonchev–Trinajstić information content (AvgIpc) is 3.36. The summed E-state index contributed by atoms with van der Waals surface area (Å²) in [4.78, 5) is 18.1. The summed E-state index contributed by atoms with van der Waals surface area (Å²) in [5, 5.41) is 8.32. The predicted octanol–water partition coefficient (Wildman–Crippen LogP) is 6.25. The molecule has 6 rings (SSSR count). The molecule has 2 aliphatic rings. The monoisotopic (exact) mass is 506 g/mol. The third kappa shape index (κ3) is 4.56. The first-order valence-electron chi connectivity index (χ1n) is 13.1. The number of benzene rings is 3. The molecule has 1 atom stereocenters. The summed E-state index contributed by atoms with van der Waals surface area (Å²) in [6, 6.07) is 23.7. The highest BCUT2D eigenvalue weighted by atomic mass is 16.5. The summed E-state index contributed by atoms with van der Waals surface area (Å²) in [5.74, 6) is 2.72. The zero-order valence-corrected chi connectivity index (χ0v) is 21.6. The van der Waals surface area contributed by atoms with Crippen molar-refractivity contribution in [2.75, 3.05) is 11.9 Å². The van der Waals surface area contributed by atoms with Crippen LogP contribution in [0, 0.1) is 6.92 Å². The van der Waals surface area contributed by atoms with Crippen LogP contribution in [0.1, 0.15) is 48.9 Å². The van der Waals surface area contributed by atoms with Gasteiger partial charge in [0, 0.05) is 23.3 Å². The van der Waals surface area contributed by atoms with E-state index >= 15 is 0 Å². The van der Waals surface area contributed by atoms with E-state index in [4.69, 9.17) is 19.6 Å². The van der Waals surface area contributed by atoms with E-state index in [-0.39, 0.29) is 5.78 Å². The van der Waals surface area contributed by atoms with E-state index in [1.165, 1.54) is 0 Å². The molecule has 0 fully saturated rings. The second-order valence-electron chi connectivity index (χ2n) is 9.68. The van der Waals surface area contributed by atoms with Crippen molar-refractivity contribution in [3.05, 3.63) is 101 Å². The van der Waals surface area contributed by atoms with E-state index in [9.17, 15) is 4.79 Å². The third-order valence-electron chi connectivity index (χ3n) is 6.96. The number of rotatable bonds is 7. The number of carbonyl (C=O) groups excluding carboxylic acids is 1. The van der Waals surface area contributed by atoms with E-state index in [1.54, 1.807) is 0 Å². The molecule has 7 heteroatoms. The van der Waals surface area contributed by atoms with Gasteiger partial charge in [0.05, 0.1) is 6.61 Å². The Balaban J connectivity index is 1.41. The maximum absolute atomic E-state index is 13.3. The summed E-state index contributed by atoms with van der Waals surface area (Å²) in [7, 11) is 0. The van der Waals surface area contributed by atoms with Crippen LogP contribution in [0.3, 0.4) is 0 Å². The van der Waals surface area contributed by atoms with Gasteiger partial charge in [-0.25, -0.2) is 4.68 Å². The summed E-state index contributed by atoms with van der Waals surface area (Å²) >= 11 is 0. The molecule has 0 amide bonds. The number of carbonyl (C=O) groups is 1. The summed E-state index contributed by atoms with van der Waals surface area (Å²) in [6.45, 7) is 4.94. The SMILES string of the molecule is CCOc1cc(C2C3=C(CCCC3=O)Nc3nc(-c4cccc(C)c4)nn32)ccc1OCc1ccccc1. The molecular formula is C31H30N4O3. The van der Waals surface area contributed by atoms with Crippen molar-refractivity contribution in [1.29, 1.82) is 0 Å². The Morgan fingerprint density at radius 1 is 0.974 bits per heavy atom. The third-order valence-corrected chi connectivity index (χ3v) is 6.96. The fourth-order valence-corrected chi connectivity index (χ4v) is 5.19. The fourth-order valence-electron chi connectivity index (χ4n) is 5.19. The zero-order valence-electron chi connectivity index (χ0n) is 21.6. The van der Waals surface area contributed by atoms with Gasteiger partial charge in [0.1, 0.15) is 12.6 Å². The molecular weight excluding hydrogens is 476 g/mol. The molecule has 0 radical (unpaired) electrons. The normalized spacial score (nSPS) is 16.5. The highest BCUT2D eigenvalue weighted by molar-refractivity contribution is 5.99. The van der Waals surface area contributed by atoms with Crippen molar-refractivity contribution in [3.8, 4) is 22.9 Å². The van der Waals surface area contributed by atoms with Gasteiger partial charge in [0.15, 0.2) is 23.1 Å². The van der Waals surface area contributed by atoms with Crippen molar-refractivity contribution in [2.45, 2.75) is 45.8 Å². The van der Waals surface area contributed by atoms with Gasteiger partial charge >= 0.3 is 0 Å². The van der Waals surface area contributed by atoms with Gasteiger partial charge in [-0.2, -0.15) is 4.98 Å². The predicted molar refractivity (Wildman–Crippen MR) is 146 cm³/mol. The number of nitrogens with zero attached hydrogens (tertiary/aromatic N) is 3. The maximum Gasteiger partial charge on any atom is 0.226 e. The Morgan fingerprint density at radius 2 is 1.84 bits per heavy atom. The molecule has 192 valence electrons. The molecule has 3 aromatic carbocycles. The topological polar surface area (TPSA) is 78.3 Å². The van der Waals surface area contributed by atoms with Crippen LogP contribution < -0.4 is 14.8 Å². The Hall–Kier alpha value is -4.39. The van der Waals surface area contributed by atoms with Crippen LogP contribution in [0.15, 0.2) is 84.1 Å². The van der Waals surface area contributed by atoms with E-state index in [1.807, 2.05) is 72.3 Å². The van der Waals surface area contributed by atoms with Crippen LogP contribution in [-0.2, 0) is 11.4 Å². The number of ketones is 1. The van der Waals surface area contributed by atoms with Crippen LogP contribution >= 0.6 is 0 Å². The number of aromatic nitrogens is 3. The van der Waals surface area contributed by atoms with Crippen LogP contribution in [-0.4, -0.2) is 27.2 Å². The first kappa shape index (κ1) is 24.0. The quantitative estimate of drug-likeness (QED) is 0.319. The molecule has 1 N–H and O–H groups in total. The van der Waals surface area contributed by atoms with Gasteiger partial charge in [-0.15, -0.1) is 5.10 Å². The highest BCUT2D eigenvalue weighted by Gasteiger charge is 2.37. The average molecular weight is 507 g/mol. The largest absolute Gasteiger partial charge is 0.490 e. The summed E-state index contributed by atoms with van der Waals surface area (Å²) in [6.07, 6.45) is 2.16. The Kier molecular flexibility index (Phi) is 6.42. The molecule has 0 bridgehead atoms. The molecule has 7 nitrogen and oxygen atoms in total. The molecule has 2 heterocycles. The smallest absolute Gasteiger partial charge is 0.226 e. The highest BCUT2D eigenvalue weighted by Crippen LogP contribution is 2.42. The molecule has 1 unspecified atom stereocenters. The number of hydrogen-bond acceptors (Lipinski definition) is 6. The van der Waals surface area contributed by atoms with Crippen molar-refractivity contribution >= 4 is 11.7 Å². The molecule has 1 aromatic heterocycles. The van der Waals surface area contributed by atoms with E-state index in [0.29, 0.717) is 42.9 Å². The molecule has 1 aliphatic heterocycles. The minimum atomic E-state index is -0.400. The fraction of sp³-hybridized carbons (Fsp3) is 0.258. The van der Waals surface area contributed by atoms with Gasteiger partial charge in [0.2, 0.25) is 5.95 Å². The summed E-state index contributed by atoms with van der Waals surface area (Å²) in [5.41, 5.74) is 5.76. The lowest BCUT2D eigenvalue weighted by Gasteiger charge is -2.32. The number of aryl methyl sites for hydroxylation is 1. The lowest BCUT2D eigenvalue weighted by Crippen LogP contribution is -2.31. The standard InChI is InChI=1S/C31H30N4O3/c1-3-37-27-18-22(15-16-26(27)38-19-21-10-5-4-6-11-21)29-28-24(13-8-14-25(28)36)32-31-33-30(34-35(29)31)23-12-7-9-20(2)17-23/h4-7,9-12,15-18,29H,3,8,13-14,19H2,1-2H3,(H,32,33,34). The first-order valence-corrected chi connectivity index (χ1v) is 13.1. The second kappa shape index (κ2) is 10.2. The molecule has 0 saturated heterocycles. The van der Waals surface area contributed by atoms with Crippen molar-refractivity contribution in [2.24, 2.45) is 0 Å². The van der Waals surface area contributed by atoms with Crippen LogP contribution in [0.25, 0.3) is 11.4 Å². The van der Waals surface area contributed by atoms with Crippen LogP contribution in [0.4, 0.5) is 5.95 Å². The molecule has 38 heavy (non-hydrogen) atoms. The Labute approximate surface area is 222 Å². The van der Waals surface area contributed by atoms with E-state index in [2.05, 4.69) is 24.4 Å². The minimum Gasteiger partial charge on any atom is -0.490 e. The number of nitrogens with one attached hydrogen (secondary N) is 1. The van der Waals surface area contributed by atoms with Gasteiger partial charge in [-0.1, -0.05) is 60.2 Å². The number of ether oxygens (including phenoxy) is 2. The summed E-state index contributed by atoms with van der Waals surface area (Å²) < 4.78 is 14.0. The molecule has 0 saturated carbocycles. The van der Waals surface area contributed by atoms with E-state index < -0.39 is 6.04 Å². The maximum atomic E-state index is 13.3. The van der Waals surface area contributed by atoms with Gasteiger partial charge in [-0.3, -0.25) is 4.79 Å². The van der Waals surface area contributed by atoms with Crippen LogP contribution in [0.5, 0.6) is 11.5 Å². The molecule has 0 spiro atoms. The second-order valence-corrected chi connectivity index (χ2v) is 9.68. The molecule has 4 aromatic rings. The Morgan fingerprint density at radius 3 is 2.66 bits per heavy atom. The van der Waals surface area contributed by atoms with Crippen molar-refractivity contribution in [1.82, 2.24) is 14.8 Å². The van der Waals surface area contributed by atoms with Crippen molar-refractivity contribution in [3.63, 3.8) is 0 Å². The lowest BCUT2D eigenvalue weighted by atomic mass is 9.85. The lowest BCUT2D eigenvalue weighted by molar-refractivity contribution is -0.116. The number of hydrogen-bond donors (Lipinski definition) is 1. The van der Waals surface area contributed by atoms with E-state index in [0.717, 1.165) is 46.4 Å². The van der Waals surface area contributed by atoms with Crippen LogP contribution in [0.2, 0.25) is 0 Å². The van der Waals surface area contributed by atoms with Gasteiger partial charge < -0.3 is 14.8 Å². The number of allylic oxidation sites excluding steroid dienone is 2. The number of fused-ring (bicyclic) bond motifs is 1. The number of anilines is 1. The van der Waals surface area contributed by atoms with Gasteiger partial charge in [0.25, 0.3) is 0 Å². The number of Topliss-reactive ketones (excluding diaryl/α,β-unsaturated/α-hetero) is 1. The minimum absolute atomic E-state index is 0.143. The molecule has 1 aliphatic carbocycles.